The number of Topliss-reactive ketones (excluding diaryl/α,β-unsaturated/α-hetero) is 1. The molecule has 1 aromatic carbocycles. The molecule has 0 atom stereocenters. The topological polar surface area (TPSA) is 78.8 Å². The number of hydrogen-bond donors (Lipinski definition) is 2. The van der Waals surface area contributed by atoms with Crippen LogP contribution in [0.25, 0.3) is 0 Å². The van der Waals surface area contributed by atoms with Gasteiger partial charge in [0.15, 0.2) is 5.78 Å². The molecular weight excluding hydrogens is 301 g/mol. The van der Waals surface area contributed by atoms with Gasteiger partial charge < -0.3 is 10.5 Å². The quantitative estimate of drug-likeness (QED) is 0.388. The Morgan fingerprint density at radius 1 is 1.32 bits per heavy atom. The molecule has 0 saturated heterocycles. The van der Waals surface area contributed by atoms with E-state index < -0.39 is 29.0 Å². The molecule has 118 valence electrons. The molecule has 0 spiro atoms. The second-order valence-electron chi connectivity index (χ2n) is 5.12. The summed E-state index contributed by atoms with van der Waals surface area (Å²) < 4.78 is 39.2. The van der Waals surface area contributed by atoms with E-state index in [4.69, 9.17) is 5.21 Å². The zero-order chi connectivity index (χ0) is 16.5. The van der Waals surface area contributed by atoms with Gasteiger partial charge >= 0.3 is 6.18 Å². The van der Waals surface area contributed by atoms with E-state index in [0.29, 0.717) is 0 Å². The summed E-state index contributed by atoms with van der Waals surface area (Å²) in [6.07, 6.45) is -4.35. The summed E-state index contributed by atoms with van der Waals surface area (Å²) in [5.41, 5.74) is -2.42. The SMILES string of the molecule is CC(=O)/C(=N/O)C(=O)Nc1cccc(C2(C(F)(F)F)CC2)c1. The molecule has 0 unspecified atom stereocenters. The van der Waals surface area contributed by atoms with Gasteiger partial charge in [-0.1, -0.05) is 17.3 Å². The van der Waals surface area contributed by atoms with Gasteiger partial charge in [-0.2, -0.15) is 13.2 Å². The summed E-state index contributed by atoms with van der Waals surface area (Å²) in [7, 11) is 0. The number of carbonyl (C=O) groups excluding carboxylic acids is 2. The molecule has 8 heteroatoms. The standard InChI is InChI=1S/C14H13F3N2O3/c1-8(20)11(19-22)12(21)18-10-4-2-3-9(7-10)13(5-6-13)14(15,16)17/h2-4,7,22H,5-6H2,1H3,(H,18,21)/b19-11-. The number of nitrogens with zero attached hydrogens (tertiary/aromatic N) is 1. The molecule has 0 heterocycles. The number of alkyl halides is 3. The van der Waals surface area contributed by atoms with Crippen molar-refractivity contribution in [1.29, 1.82) is 0 Å². The lowest BCUT2D eigenvalue weighted by Gasteiger charge is -2.20. The maximum atomic E-state index is 13.1. The van der Waals surface area contributed by atoms with Crippen molar-refractivity contribution in [1.82, 2.24) is 0 Å². The summed E-state index contributed by atoms with van der Waals surface area (Å²) >= 11 is 0. The fourth-order valence-corrected chi connectivity index (χ4v) is 2.22. The number of anilines is 1. The number of oxime groups is 1. The van der Waals surface area contributed by atoms with Crippen molar-refractivity contribution in [3.8, 4) is 0 Å². The van der Waals surface area contributed by atoms with Crippen LogP contribution in [0.2, 0.25) is 0 Å². The minimum absolute atomic E-state index is 0.00466. The largest absolute Gasteiger partial charge is 0.410 e. The van der Waals surface area contributed by atoms with Crippen molar-refractivity contribution in [3.63, 3.8) is 0 Å². The normalized spacial score (nSPS) is 17.0. The van der Waals surface area contributed by atoms with Crippen LogP contribution in [0.5, 0.6) is 0 Å². The van der Waals surface area contributed by atoms with Gasteiger partial charge in [-0.3, -0.25) is 9.59 Å². The molecular formula is C14H13F3N2O3. The highest BCUT2D eigenvalue weighted by molar-refractivity contribution is 6.67. The highest BCUT2D eigenvalue weighted by atomic mass is 19.4. The van der Waals surface area contributed by atoms with Crippen molar-refractivity contribution in [2.75, 3.05) is 5.32 Å². The predicted molar refractivity (Wildman–Crippen MR) is 71.9 cm³/mol. The van der Waals surface area contributed by atoms with E-state index in [1.165, 1.54) is 24.3 Å². The third kappa shape index (κ3) is 2.81. The summed E-state index contributed by atoms with van der Waals surface area (Å²) in [5, 5.41) is 13.4. The number of benzene rings is 1. The van der Waals surface area contributed by atoms with E-state index in [1.807, 2.05) is 0 Å². The minimum Gasteiger partial charge on any atom is -0.410 e. The average Bonchev–Trinajstić information content (AvgIpc) is 3.20. The van der Waals surface area contributed by atoms with E-state index in [9.17, 15) is 22.8 Å². The van der Waals surface area contributed by atoms with Crippen LogP contribution in [0.15, 0.2) is 29.4 Å². The van der Waals surface area contributed by atoms with E-state index in [2.05, 4.69) is 10.5 Å². The van der Waals surface area contributed by atoms with Crippen molar-refractivity contribution in [3.05, 3.63) is 29.8 Å². The molecule has 1 aromatic rings. The molecule has 0 aromatic heterocycles. The van der Waals surface area contributed by atoms with Crippen LogP contribution in [-0.2, 0) is 15.0 Å². The first kappa shape index (κ1) is 16.0. The smallest absolute Gasteiger partial charge is 0.398 e. The lowest BCUT2D eigenvalue weighted by Crippen LogP contribution is -2.30. The molecule has 2 N–H and O–H groups in total. The van der Waals surface area contributed by atoms with Gasteiger partial charge in [0, 0.05) is 12.6 Å². The third-order valence-electron chi connectivity index (χ3n) is 3.61. The van der Waals surface area contributed by atoms with Gasteiger partial charge in [0.1, 0.15) is 0 Å². The summed E-state index contributed by atoms with van der Waals surface area (Å²) in [6, 6.07) is 5.35. The average molecular weight is 314 g/mol. The second kappa shape index (κ2) is 5.43. The Hall–Kier alpha value is -2.38. The monoisotopic (exact) mass is 314 g/mol. The molecule has 22 heavy (non-hydrogen) atoms. The van der Waals surface area contributed by atoms with Crippen LogP contribution in [0.4, 0.5) is 18.9 Å². The number of rotatable bonds is 4. The van der Waals surface area contributed by atoms with Gasteiger partial charge in [-0.25, -0.2) is 0 Å². The molecule has 1 saturated carbocycles. The molecule has 5 nitrogen and oxygen atoms in total. The van der Waals surface area contributed by atoms with Crippen LogP contribution in [0.3, 0.4) is 0 Å². The molecule has 0 radical (unpaired) electrons. The summed E-state index contributed by atoms with van der Waals surface area (Å²) in [6.45, 7) is 1.04. The Kier molecular flexibility index (Phi) is 3.95. The van der Waals surface area contributed by atoms with Gasteiger partial charge in [0.05, 0.1) is 5.41 Å². The molecule has 1 aliphatic rings. The molecule has 0 bridgehead atoms. The molecule has 0 aliphatic heterocycles. The second-order valence-corrected chi connectivity index (χ2v) is 5.12. The maximum absolute atomic E-state index is 13.1. The third-order valence-corrected chi connectivity index (χ3v) is 3.61. The van der Waals surface area contributed by atoms with Gasteiger partial charge in [-0.05, 0) is 30.5 Å². The van der Waals surface area contributed by atoms with Gasteiger partial charge in [0.2, 0.25) is 5.71 Å². The molecule has 1 aliphatic carbocycles. The van der Waals surface area contributed by atoms with E-state index >= 15 is 0 Å². The van der Waals surface area contributed by atoms with Crippen molar-refractivity contribution < 1.29 is 28.0 Å². The lowest BCUT2D eigenvalue weighted by molar-refractivity contribution is -0.160. The van der Waals surface area contributed by atoms with Crippen molar-refractivity contribution in [2.24, 2.45) is 5.16 Å². The first-order chi connectivity index (χ1) is 10.2. The lowest BCUT2D eigenvalue weighted by atomic mass is 9.95. The zero-order valence-electron chi connectivity index (χ0n) is 11.6. The highest BCUT2D eigenvalue weighted by Gasteiger charge is 2.64. The van der Waals surface area contributed by atoms with Crippen LogP contribution in [-0.4, -0.2) is 28.8 Å². The van der Waals surface area contributed by atoms with Gasteiger partial charge in [-0.15, -0.1) is 0 Å². The first-order valence-electron chi connectivity index (χ1n) is 6.43. The van der Waals surface area contributed by atoms with Crippen molar-refractivity contribution >= 4 is 23.1 Å². The number of nitrogens with one attached hydrogen (secondary N) is 1. The molecule has 1 fully saturated rings. The Morgan fingerprint density at radius 2 is 1.95 bits per heavy atom. The summed E-state index contributed by atoms with van der Waals surface area (Å²) in [5.74, 6) is -1.74. The van der Waals surface area contributed by atoms with Crippen LogP contribution < -0.4 is 5.32 Å². The predicted octanol–water partition coefficient (Wildman–Crippen LogP) is 2.64. The Morgan fingerprint density at radius 3 is 2.41 bits per heavy atom. The first-order valence-corrected chi connectivity index (χ1v) is 6.43. The van der Waals surface area contributed by atoms with Crippen LogP contribution in [0, 0.1) is 0 Å². The van der Waals surface area contributed by atoms with E-state index in [1.54, 1.807) is 0 Å². The maximum Gasteiger partial charge on any atom is 0.398 e. The zero-order valence-corrected chi connectivity index (χ0v) is 11.6. The van der Waals surface area contributed by atoms with Gasteiger partial charge in [0.25, 0.3) is 5.91 Å². The number of amides is 1. The minimum atomic E-state index is -4.35. The number of carbonyl (C=O) groups is 2. The van der Waals surface area contributed by atoms with Crippen LogP contribution in [0.1, 0.15) is 25.3 Å². The van der Waals surface area contributed by atoms with Crippen LogP contribution >= 0.6 is 0 Å². The fraction of sp³-hybridized carbons (Fsp3) is 0.357. The highest BCUT2D eigenvalue weighted by Crippen LogP contribution is 2.59. The number of ketones is 1. The Balaban J connectivity index is 2.24. The molecule has 1 amide bonds. The molecule has 2 rings (SSSR count). The van der Waals surface area contributed by atoms with E-state index in [0.717, 1.165) is 6.92 Å². The fourth-order valence-electron chi connectivity index (χ4n) is 2.22. The van der Waals surface area contributed by atoms with Crippen molar-refractivity contribution in [2.45, 2.75) is 31.4 Å². The number of hydrogen-bond acceptors (Lipinski definition) is 4. The summed E-state index contributed by atoms with van der Waals surface area (Å²) in [4.78, 5) is 22.8. The Bertz CT molecular complexity index is 649. The Labute approximate surface area is 123 Å². The van der Waals surface area contributed by atoms with E-state index in [-0.39, 0.29) is 24.1 Å². The number of halogens is 3.